The van der Waals surface area contributed by atoms with Gasteiger partial charge in [-0.25, -0.2) is 0 Å². The van der Waals surface area contributed by atoms with Gasteiger partial charge < -0.3 is 15.4 Å². The molecule has 1 heterocycles. The molecule has 3 nitrogen and oxygen atoms in total. The van der Waals surface area contributed by atoms with Gasteiger partial charge in [0.1, 0.15) is 5.75 Å². The summed E-state index contributed by atoms with van der Waals surface area (Å²) in [5.74, 6) is 1.62. The lowest BCUT2D eigenvalue weighted by atomic mass is 9.89. The third-order valence-electron chi connectivity index (χ3n) is 5.56. The van der Waals surface area contributed by atoms with Crippen LogP contribution in [-0.2, 0) is 6.42 Å². The molecule has 0 aromatic heterocycles. The number of benzene rings is 3. The van der Waals surface area contributed by atoms with Crippen LogP contribution in [0.25, 0.3) is 10.8 Å². The van der Waals surface area contributed by atoms with Crippen molar-refractivity contribution in [3.8, 4) is 5.75 Å². The fraction of sp³-hybridized carbons (Fsp3) is 0.304. The van der Waals surface area contributed by atoms with Gasteiger partial charge in [0, 0.05) is 18.8 Å². The lowest BCUT2D eigenvalue weighted by molar-refractivity contribution is 0.404. The number of methoxy groups -OCH3 is 1. The van der Waals surface area contributed by atoms with Crippen LogP contribution in [0.1, 0.15) is 18.4 Å². The summed E-state index contributed by atoms with van der Waals surface area (Å²) in [5, 5.41) is 3.25. The quantitative estimate of drug-likeness (QED) is 0.603. The number of nitrogen functional groups attached to an aromatic ring is 1. The van der Waals surface area contributed by atoms with E-state index in [0.717, 1.165) is 36.0 Å². The van der Waals surface area contributed by atoms with Crippen LogP contribution < -0.4 is 15.4 Å². The predicted molar refractivity (Wildman–Crippen MR) is 115 cm³/mol. The molecule has 0 atom stereocenters. The van der Waals surface area contributed by atoms with Gasteiger partial charge in [-0.1, -0.05) is 35.9 Å². The molecule has 1 saturated heterocycles. The zero-order valence-electron chi connectivity index (χ0n) is 15.6. The molecule has 0 aliphatic carbocycles. The van der Waals surface area contributed by atoms with Crippen molar-refractivity contribution in [2.24, 2.45) is 5.92 Å². The maximum Gasteiger partial charge on any atom is 0.119 e. The van der Waals surface area contributed by atoms with Gasteiger partial charge in [0.2, 0.25) is 0 Å². The molecule has 0 amide bonds. The first kappa shape index (κ1) is 18.0. The molecule has 1 fully saturated rings. The lowest BCUT2D eigenvalue weighted by Crippen LogP contribution is -2.34. The molecule has 4 heteroatoms. The average Bonchev–Trinajstić information content (AvgIpc) is 2.68. The van der Waals surface area contributed by atoms with Crippen molar-refractivity contribution in [2.45, 2.75) is 19.3 Å². The van der Waals surface area contributed by atoms with Gasteiger partial charge in [0.05, 0.1) is 17.8 Å². The van der Waals surface area contributed by atoms with Crippen LogP contribution in [0.15, 0.2) is 54.6 Å². The molecule has 0 saturated carbocycles. The number of hydrogen-bond acceptors (Lipinski definition) is 3. The smallest absolute Gasteiger partial charge is 0.119 e. The number of hydrogen-bond donors (Lipinski definition) is 1. The topological polar surface area (TPSA) is 38.5 Å². The summed E-state index contributed by atoms with van der Waals surface area (Å²) >= 11 is 6.38. The fourth-order valence-corrected chi connectivity index (χ4v) is 4.33. The van der Waals surface area contributed by atoms with E-state index < -0.39 is 0 Å². The molecule has 27 heavy (non-hydrogen) atoms. The predicted octanol–water partition coefficient (Wildman–Crippen LogP) is 5.54. The van der Waals surface area contributed by atoms with Crippen molar-refractivity contribution in [1.29, 1.82) is 0 Å². The van der Waals surface area contributed by atoms with Crippen molar-refractivity contribution in [2.75, 3.05) is 30.8 Å². The van der Waals surface area contributed by atoms with Gasteiger partial charge >= 0.3 is 0 Å². The highest BCUT2D eigenvalue weighted by atomic mass is 35.5. The van der Waals surface area contributed by atoms with Crippen molar-refractivity contribution in [3.63, 3.8) is 0 Å². The second-order valence-corrected chi connectivity index (χ2v) is 7.80. The van der Waals surface area contributed by atoms with Gasteiger partial charge in [0.25, 0.3) is 0 Å². The summed E-state index contributed by atoms with van der Waals surface area (Å²) in [4.78, 5) is 2.38. The van der Waals surface area contributed by atoms with E-state index >= 15 is 0 Å². The molecule has 3 aromatic carbocycles. The standard InChI is InChI=1S/C23H25ClN2O/c1-27-21-6-4-18-13-17(2-3-19(18)14-21)12-16-8-10-26(11-9-16)23-7-5-20(25)15-22(23)24/h2-7,13-16H,8-12,25H2,1H3. The SMILES string of the molecule is COc1ccc2cc(CC3CCN(c4ccc(N)cc4Cl)CC3)ccc2c1. The Labute approximate surface area is 165 Å². The van der Waals surface area contributed by atoms with E-state index in [9.17, 15) is 0 Å². The second kappa shape index (κ2) is 7.69. The summed E-state index contributed by atoms with van der Waals surface area (Å²) in [6.45, 7) is 2.08. The molecule has 140 valence electrons. The molecular weight excluding hydrogens is 356 g/mol. The van der Waals surface area contributed by atoms with E-state index in [1.165, 1.54) is 29.2 Å². The van der Waals surface area contributed by atoms with E-state index in [1.807, 2.05) is 24.3 Å². The molecule has 1 aliphatic heterocycles. The number of halogens is 1. The number of nitrogens with zero attached hydrogens (tertiary/aromatic N) is 1. The Hall–Kier alpha value is -2.39. The van der Waals surface area contributed by atoms with E-state index in [0.29, 0.717) is 11.6 Å². The van der Waals surface area contributed by atoms with Crippen LogP contribution in [0.2, 0.25) is 5.02 Å². The maximum absolute atomic E-state index is 6.38. The summed E-state index contributed by atoms with van der Waals surface area (Å²) in [6.07, 6.45) is 3.49. The molecule has 4 rings (SSSR count). The minimum atomic E-state index is 0.713. The van der Waals surface area contributed by atoms with E-state index in [-0.39, 0.29) is 0 Å². The zero-order valence-corrected chi connectivity index (χ0v) is 16.4. The zero-order chi connectivity index (χ0) is 18.8. The fourth-order valence-electron chi connectivity index (χ4n) is 4.02. The van der Waals surface area contributed by atoms with Crippen molar-refractivity contribution >= 4 is 33.7 Å². The molecule has 0 radical (unpaired) electrons. The molecular formula is C23H25ClN2O. The summed E-state index contributed by atoms with van der Waals surface area (Å²) in [7, 11) is 1.71. The van der Waals surface area contributed by atoms with Gasteiger partial charge in [-0.3, -0.25) is 0 Å². The van der Waals surface area contributed by atoms with Gasteiger partial charge in [0.15, 0.2) is 0 Å². The van der Waals surface area contributed by atoms with Crippen molar-refractivity contribution < 1.29 is 4.74 Å². The van der Waals surface area contributed by atoms with Crippen LogP contribution in [-0.4, -0.2) is 20.2 Å². The summed E-state index contributed by atoms with van der Waals surface area (Å²) in [6, 6.07) is 18.8. The lowest BCUT2D eigenvalue weighted by Gasteiger charge is -2.34. The Bertz CT molecular complexity index is 948. The Morgan fingerprint density at radius 1 is 1.00 bits per heavy atom. The minimum absolute atomic E-state index is 0.713. The van der Waals surface area contributed by atoms with Crippen LogP contribution in [0.5, 0.6) is 5.75 Å². The van der Waals surface area contributed by atoms with Crippen LogP contribution in [0.3, 0.4) is 0 Å². The minimum Gasteiger partial charge on any atom is -0.497 e. The van der Waals surface area contributed by atoms with E-state index in [4.69, 9.17) is 22.1 Å². The average molecular weight is 381 g/mol. The summed E-state index contributed by atoms with van der Waals surface area (Å²) < 4.78 is 5.31. The largest absolute Gasteiger partial charge is 0.497 e. The Kier molecular flexibility index (Phi) is 5.13. The van der Waals surface area contributed by atoms with Gasteiger partial charge in [-0.05, 0) is 71.8 Å². The third-order valence-corrected chi connectivity index (χ3v) is 5.87. The first-order valence-corrected chi connectivity index (χ1v) is 9.87. The monoisotopic (exact) mass is 380 g/mol. The van der Waals surface area contributed by atoms with E-state index in [2.05, 4.69) is 35.2 Å². The second-order valence-electron chi connectivity index (χ2n) is 7.39. The molecule has 0 unspecified atom stereocenters. The van der Waals surface area contributed by atoms with Crippen molar-refractivity contribution in [1.82, 2.24) is 0 Å². The Morgan fingerprint density at radius 2 is 1.74 bits per heavy atom. The third kappa shape index (κ3) is 3.98. The summed E-state index contributed by atoms with van der Waals surface area (Å²) in [5.41, 5.74) is 9.04. The highest BCUT2D eigenvalue weighted by molar-refractivity contribution is 6.33. The van der Waals surface area contributed by atoms with Gasteiger partial charge in [-0.15, -0.1) is 0 Å². The highest BCUT2D eigenvalue weighted by Gasteiger charge is 2.21. The number of rotatable bonds is 4. The Morgan fingerprint density at radius 3 is 2.48 bits per heavy atom. The number of ether oxygens (including phenoxy) is 1. The normalized spacial score (nSPS) is 15.3. The maximum atomic E-state index is 6.38. The van der Waals surface area contributed by atoms with Crippen LogP contribution >= 0.6 is 11.6 Å². The molecule has 0 bridgehead atoms. The molecule has 1 aliphatic rings. The number of piperidine rings is 1. The van der Waals surface area contributed by atoms with Gasteiger partial charge in [-0.2, -0.15) is 0 Å². The Balaban J connectivity index is 1.41. The van der Waals surface area contributed by atoms with E-state index in [1.54, 1.807) is 7.11 Å². The first-order valence-electron chi connectivity index (χ1n) is 9.49. The first-order chi connectivity index (χ1) is 13.1. The van der Waals surface area contributed by atoms with Crippen LogP contribution in [0.4, 0.5) is 11.4 Å². The number of nitrogens with two attached hydrogens (primary N) is 1. The van der Waals surface area contributed by atoms with Crippen LogP contribution in [0, 0.1) is 5.92 Å². The highest BCUT2D eigenvalue weighted by Crippen LogP contribution is 2.32. The number of anilines is 2. The van der Waals surface area contributed by atoms with Crippen molar-refractivity contribution in [3.05, 3.63) is 65.2 Å². The molecule has 3 aromatic rings. The molecule has 2 N–H and O–H groups in total. The number of fused-ring (bicyclic) bond motifs is 1. The molecule has 0 spiro atoms.